The van der Waals surface area contributed by atoms with Crippen molar-refractivity contribution in [1.29, 1.82) is 0 Å². The van der Waals surface area contributed by atoms with Crippen LogP contribution in [0.3, 0.4) is 0 Å². The molecule has 128 valence electrons. The van der Waals surface area contributed by atoms with Gasteiger partial charge < -0.3 is 9.64 Å². The topological polar surface area (TPSA) is 89.7 Å². The second kappa shape index (κ2) is 7.42. The molecule has 0 radical (unpaired) electrons. The van der Waals surface area contributed by atoms with E-state index < -0.39 is 10.0 Å². The Bertz CT molecular complexity index is 637. The number of ether oxygens (including phenoxy) is 1. The first-order valence-corrected chi connectivity index (χ1v) is 9.33. The zero-order chi connectivity index (χ0) is 17.0. The molecule has 1 aliphatic heterocycles. The minimum atomic E-state index is -3.69. The van der Waals surface area contributed by atoms with Crippen LogP contribution in [0.2, 0.25) is 0 Å². The van der Waals surface area contributed by atoms with Crippen molar-refractivity contribution in [2.24, 2.45) is 5.14 Å². The second-order valence-electron chi connectivity index (χ2n) is 5.97. The molecule has 7 heteroatoms. The molecule has 23 heavy (non-hydrogen) atoms. The smallest absolute Gasteiger partial charge is 0.238 e. The van der Waals surface area contributed by atoms with E-state index >= 15 is 0 Å². The van der Waals surface area contributed by atoms with Crippen LogP contribution in [0.4, 0.5) is 0 Å². The predicted octanol–water partition coefficient (Wildman–Crippen LogP) is 1.81. The van der Waals surface area contributed by atoms with E-state index in [-0.39, 0.29) is 22.9 Å². The van der Waals surface area contributed by atoms with Crippen molar-refractivity contribution in [1.82, 2.24) is 4.90 Å². The highest BCUT2D eigenvalue weighted by atomic mass is 32.2. The SMILES string of the molecule is C[C@H](c1ccc(S(N)(=O)=O)cc1)N(C)C(=O)CC[C@H]1CCCO1. The van der Waals surface area contributed by atoms with E-state index in [1.807, 2.05) is 6.92 Å². The summed E-state index contributed by atoms with van der Waals surface area (Å²) in [6, 6.07) is 6.17. The standard InChI is InChI=1S/C16H24N2O4S/c1-12(13-5-8-15(9-6-13)23(17,20)21)18(2)16(19)10-7-14-4-3-11-22-14/h5-6,8-9,12,14H,3-4,7,10-11H2,1-2H3,(H2,17,20,21)/t12-,14-/m1/s1. The van der Waals surface area contributed by atoms with E-state index in [4.69, 9.17) is 9.88 Å². The lowest BCUT2D eigenvalue weighted by atomic mass is 10.1. The molecule has 2 atom stereocenters. The van der Waals surface area contributed by atoms with E-state index in [0.717, 1.165) is 31.4 Å². The van der Waals surface area contributed by atoms with E-state index in [1.165, 1.54) is 12.1 Å². The highest BCUT2D eigenvalue weighted by Gasteiger charge is 2.21. The van der Waals surface area contributed by atoms with Gasteiger partial charge in [-0.25, -0.2) is 13.6 Å². The number of carbonyl (C=O) groups excluding carboxylic acids is 1. The maximum atomic E-state index is 12.3. The molecule has 0 spiro atoms. The molecular formula is C16H24N2O4S. The summed E-state index contributed by atoms with van der Waals surface area (Å²) in [4.78, 5) is 14.0. The van der Waals surface area contributed by atoms with Gasteiger partial charge >= 0.3 is 0 Å². The highest BCUT2D eigenvalue weighted by molar-refractivity contribution is 7.89. The van der Waals surface area contributed by atoms with Crippen molar-refractivity contribution in [3.8, 4) is 0 Å². The van der Waals surface area contributed by atoms with Crippen molar-refractivity contribution in [2.75, 3.05) is 13.7 Å². The van der Waals surface area contributed by atoms with Gasteiger partial charge in [-0.1, -0.05) is 12.1 Å². The van der Waals surface area contributed by atoms with Gasteiger partial charge in [0, 0.05) is 20.1 Å². The van der Waals surface area contributed by atoms with Crippen molar-refractivity contribution in [3.05, 3.63) is 29.8 Å². The van der Waals surface area contributed by atoms with Crippen molar-refractivity contribution in [3.63, 3.8) is 0 Å². The minimum Gasteiger partial charge on any atom is -0.378 e. The van der Waals surface area contributed by atoms with Crippen molar-refractivity contribution in [2.45, 2.75) is 49.6 Å². The fraction of sp³-hybridized carbons (Fsp3) is 0.562. The highest BCUT2D eigenvalue weighted by Crippen LogP contribution is 2.23. The Morgan fingerprint density at radius 2 is 2.04 bits per heavy atom. The first kappa shape index (κ1) is 17.9. The minimum absolute atomic E-state index is 0.0588. The van der Waals surface area contributed by atoms with E-state index in [1.54, 1.807) is 24.1 Å². The quantitative estimate of drug-likeness (QED) is 0.855. The average Bonchev–Trinajstić information content (AvgIpc) is 3.04. The number of hydrogen-bond acceptors (Lipinski definition) is 4. The van der Waals surface area contributed by atoms with Gasteiger partial charge in [0.05, 0.1) is 17.0 Å². The number of primary sulfonamides is 1. The zero-order valence-corrected chi connectivity index (χ0v) is 14.4. The molecule has 1 heterocycles. The average molecular weight is 340 g/mol. The fourth-order valence-electron chi connectivity index (χ4n) is 2.71. The molecule has 1 aliphatic rings. The Kier molecular flexibility index (Phi) is 5.78. The number of sulfonamides is 1. The van der Waals surface area contributed by atoms with Crippen LogP contribution in [0.5, 0.6) is 0 Å². The normalized spacial score (nSPS) is 19.5. The van der Waals surface area contributed by atoms with Crippen LogP contribution in [0.1, 0.15) is 44.2 Å². The number of benzene rings is 1. The molecule has 1 fully saturated rings. The Labute approximate surface area is 137 Å². The summed E-state index contributed by atoms with van der Waals surface area (Å²) in [5.41, 5.74) is 0.866. The molecule has 1 saturated heterocycles. The maximum Gasteiger partial charge on any atom is 0.238 e. The number of nitrogens with zero attached hydrogens (tertiary/aromatic N) is 1. The summed E-state index contributed by atoms with van der Waals surface area (Å²) in [6.07, 6.45) is 3.51. The van der Waals surface area contributed by atoms with Crippen LogP contribution in [0.15, 0.2) is 29.2 Å². The summed E-state index contributed by atoms with van der Waals surface area (Å²) in [6.45, 7) is 2.71. The first-order chi connectivity index (χ1) is 10.8. The summed E-state index contributed by atoms with van der Waals surface area (Å²) < 4.78 is 28.1. The molecule has 6 nitrogen and oxygen atoms in total. The van der Waals surface area contributed by atoms with Crippen LogP contribution < -0.4 is 5.14 Å². The largest absolute Gasteiger partial charge is 0.378 e. The predicted molar refractivity (Wildman–Crippen MR) is 87.2 cm³/mol. The van der Waals surface area contributed by atoms with Gasteiger partial charge in [0.25, 0.3) is 0 Å². The molecule has 0 bridgehead atoms. The fourth-order valence-corrected chi connectivity index (χ4v) is 3.22. The zero-order valence-electron chi connectivity index (χ0n) is 13.6. The van der Waals surface area contributed by atoms with Crippen LogP contribution in [-0.4, -0.2) is 39.0 Å². The van der Waals surface area contributed by atoms with Gasteiger partial charge in [-0.05, 0) is 43.9 Å². The lowest BCUT2D eigenvalue weighted by Gasteiger charge is -2.26. The van der Waals surface area contributed by atoms with Crippen LogP contribution in [0.25, 0.3) is 0 Å². The first-order valence-electron chi connectivity index (χ1n) is 7.79. The third kappa shape index (κ3) is 4.76. The summed E-state index contributed by atoms with van der Waals surface area (Å²) >= 11 is 0. The number of amides is 1. The van der Waals surface area contributed by atoms with Gasteiger partial charge in [0.2, 0.25) is 15.9 Å². The van der Waals surface area contributed by atoms with Gasteiger partial charge in [0.15, 0.2) is 0 Å². The summed E-state index contributed by atoms with van der Waals surface area (Å²) in [7, 11) is -1.93. The van der Waals surface area contributed by atoms with Crippen LogP contribution >= 0.6 is 0 Å². The van der Waals surface area contributed by atoms with Crippen LogP contribution in [0, 0.1) is 0 Å². The Morgan fingerprint density at radius 3 is 2.57 bits per heavy atom. The summed E-state index contributed by atoms with van der Waals surface area (Å²) in [5.74, 6) is 0.0588. The third-order valence-corrected chi connectivity index (χ3v) is 5.30. The number of hydrogen-bond donors (Lipinski definition) is 1. The third-order valence-electron chi connectivity index (χ3n) is 4.37. The Balaban J connectivity index is 1.95. The second-order valence-corrected chi connectivity index (χ2v) is 7.53. The Morgan fingerprint density at radius 1 is 1.39 bits per heavy atom. The van der Waals surface area contributed by atoms with Crippen molar-refractivity contribution < 1.29 is 17.9 Å². The molecule has 0 saturated carbocycles. The summed E-state index contributed by atoms with van der Waals surface area (Å²) in [5, 5.41) is 5.09. The maximum absolute atomic E-state index is 12.3. The van der Waals surface area contributed by atoms with Gasteiger partial charge in [-0.2, -0.15) is 0 Å². The molecule has 1 aromatic rings. The van der Waals surface area contributed by atoms with Crippen molar-refractivity contribution >= 4 is 15.9 Å². The number of carbonyl (C=O) groups is 1. The van der Waals surface area contributed by atoms with E-state index in [0.29, 0.717) is 6.42 Å². The van der Waals surface area contributed by atoms with Gasteiger partial charge in [-0.15, -0.1) is 0 Å². The molecule has 1 amide bonds. The van der Waals surface area contributed by atoms with Crippen LogP contribution in [-0.2, 0) is 19.6 Å². The lowest BCUT2D eigenvalue weighted by molar-refractivity contribution is -0.132. The lowest BCUT2D eigenvalue weighted by Crippen LogP contribution is -2.30. The number of nitrogens with two attached hydrogens (primary N) is 1. The van der Waals surface area contributed by atoms with Gasteiger partial charge in [-0.3, -0.25) is 4.79 Å². The molecule has 0 aromatic heterocycles. The molecular weight excluding hydrogens is 316 g/mol. The van der Waals surface area contributed by atoms with E-state index in [2.05, 4.69) is 0 Å². The Hall–Kier alpha value is -1.44. The van der Waals surface area contributed by atoms with E-state index in [9.17, 15) is 13.2 Å². The van der Waals surface area contributed by atoms with Gasteiger partial charge in [0.1, 0.15) is 0 Å². The molecule has 1 aromatic carbocycles. The molecule has 0 unspecified atom stereocenters. The molecule has 0 aliphatic carbocycles. The molecule has 2 N–H and O–H groups in total. The molecule has 2 rings (SSSR count). The number of rotatable bonds is 6. The monoisotopic (exact) mass is 340 g/mol.